The molecule has 130 valence electrons. The van der Waals surface area contributed by atoms with Gasteiger partial charge in [-0.1, -0.05) is 17.7 Å². The zero-order valence-corrected chi connectivity index (χ0v) is 13.0. The van der Waals surface area contributed by atoms with E-state index in [4.69, 9.17) is 5.11 Å². The average Bonchev–Trinajstić information content (AvgIpc) is 3.24. The lowest BCUT2D eigenvalue weighted by Gasteiger charge is -2.16. The van der Waals surface area contributed by atoms with Gasteiger partial charge in [-0.05, 0) is 18.9 Å². The molecular weight excluding hydrogens is 330 g/mol. The molecule has 1 aromatic carbocycles. The highest BCUT2D eigenvalue weighted by molar-refractivity contribution is 5.92. The van der Waals surface area contributed by atoms with Crippen LogP contribution in [0, 0.1) is 16.0 Å². The minimum atomic E-state index is -0.928. The number of nitrogens with zero attached hydrogens (tertiary/aromatic N) is 4. The number of amides is 1. The van der Waals surface area contributed by atoms with Gasteiger partial charge >= 0.3 is 5.97 Å². The lowest BCUT2D eigenvalue weighted by atomic mass is 10.0. The molecule has 25 heavy (non-hydrogen) atoms. The summed E-state index contributed by atoms with van der Waals surface area (Å²) in [7, 11) is 0. The molecule has 1 aliphatic carbocycles. The fourth-order valence-corrected chi connectivity index (χ4v) is 2.91. The van der Waals surface area contributed by atoms with Crippen molar-refractivity contribution in [3.8, 4) is 5.69 Å². The molecule has 1 heterocycles. The minimum absolute atomic E-state index is 0.0162. The Morgan fingerprint density at radius 1 is 1.36 bits per heavy atom. The van der Waals surface area contributed by atoms with E-state index in [0.29, 0.717) is 18.5 Å². The van der Waals surface area contributed by atoms with Crippen molar-refractivity contribution in [3.05, 3.63) is 46.3 Å². The van der Waals surface area contributed by atoms with Crippen LogP contribution in [0.4, 0.5) is 5.69 Å². The number of carbonyl (C=O) groups is 2. The van der Waals surface area contributed by atoms with Crippen molar-refractivity contribution in [1.82, 2.24) is 20.3 Å². The zero-order valence-electron chi connectivity index (χ0n) is 13.0. The van der Waals surface area contributed by atoms with E-state index >= 15 is 0 Å². The van der Waals surface area contributed by atoms with Crippen LogP contribution in [-0.4, -0.2) is 42.9 Å². The Labute approximate surface area is 141 Å². The van der Waals surface area contributed by atoms with Crippen LogP contribution in [0.25, 0.3) is 5.69 Å². The normalized spacial score (nSPS) is 19.5. The summed E-state index contributed by atoms with van der Waals surface area (Å²) < 4.78 is 1.26. The molecule has 1 aromatic heterocycles. The molecule has 0 unspecified atom stereocenters. The Bertz CT molecular complexity index is 833. The molecule has 0 spiro atoms. The van der Waals surface area contributed by atoms with Gasteiger partial charge < -0.3 is 10.4 Å². The van der Waals surface area contributed by atoms with Crippen molar-refractivity contribution in [2.45, 2.75) is 25.3 Å². The number of benzene rings is 1. The fraction of sp³-hybridized carbons (Fsp3) is 0.333. The third kappa shape index (κ3) is 3.47. The predicted molar refractivity (Wildman–Crippen MR) is 84.2 cm³/mol. The van der Waals surface area contributed by atoms with E-state index in [-0.39, 0.29) is 11.4 Å². The van der Waals surface area contributed by atoms with Gasteiger partial charge in [-0.2, -0.15) is 0 Å². The van der Waals surface area contributed by atoms with Crippen LogP contribution >= 0.6 is 0 Å². The Hall–Kier alpha value is -3.30. The van der Waals surface area contributed by atoms with Crippen molar-refractivity contribution >= 4 is 17.6 Å². The maximum atomic E-state index is 12.3. The molecule has 1 saturated carbocycles. The zero-order chi connectivity index (χ0) is 18.0. The Kier molecular flexibility index (Phi) is 4.42. The quantitative estimate of drug-likeness (QED) is 0.612. The van der Waals surface area contributed by atoms with E-state index in [2.05, 4.69) is 15.6 Å². The van der Waals surface area contributed by atoms with Crippen molar-refractivity contribution in [2.75, 3.05) is 0 Å². The van der Waals surface area contributed by atoms with E-state index in [1.807, 2.05) is 0 Å². The highest BCUT2D eigenvalue weighted by Gasteiger charge is 2.34. The first kappa shape index (κ1) is 16.6. The minimum Gasteiger partial charge on any atom is -0.481 e. The second-order valence-electron chi connectivity index (χ2n) is 5.78. The Balaban J connectivity index is 1.75. The molecule has 10 nitrogen and oxygen atoms in total. The van der Waals surface area contributed by atoms with Crippen LogP contribution < -0.4 is 5.32 Å². The summed E-state index contributed by atoms with van der Waals surface area (Å²) in [5, 5.41) is 30.2. The monoisotopic (exact) mass is 345 g/mol. The van der Waals surface area contributed by atoms with Crippen LogP contribution in [0.1, 0.15) is 29.8 Å². The summed E-state index contributed by atoms with van der Waals surface area (Å²) >= 11 is 0. The molecule has 3 rings (SSSR count). The van der Waals surface area contributed by atoms with Gasteiger partial charge in [0.2, 0.25) is 0 Å². The molecular formula is C15H15N5O5. The summed E-state index contributed by atoms with van der Waals surface area (Å²) in [6.45, 7) is 0. The van der Waals surface area contributed by atoms with Gasteiger partial charge in [0, 0.05) is 18.2 Å². The topological polar surface area (TPSA) is 140 Å². The number of hydrogen-bond acceptors (Lipinski definition) is 6. The van der Waals surface area contributed by atoms with E-state index in [0.717, 1.165) is 6.42 Å². The number of rotatable bonds is 5. The number of carboxylic acids is 1. The number of hydrogen-bond donors (Lipinski definition) is 2. The SMILES string of the molecule is O=C(N[C@H]1CCC[C@H]1C(=O)O)c1cn(-c2cccc([N+](=O)[O-])c2)nn1. The van der Waals surface area contributed by atoms with Gasteiger partial charge in [0.25, 0.3) is 11.6 Å². The first-order chi connectivity index (χ1) is 12.0. The first-order valence-electron chi connectivity index (χ1n) is 7.66. The number of nitro groups is 1. The molecule has 1 fully saturated rings. The molecule has 10 heteroatoms. The van der Waals surface area contributed by atoms with Crippen molar-refractivity contribution in [2.24, 2.45) is 5.92 Å². The molecule has 1 aliphatic rings. The third-order valence-corrected chi connectivity index (χ3v) is 4.18. The number of carboxylic acid groups (broad SMARTS) is 1. The lowest BCUT2D eigenvalue weighted by Crippen LogP contribution is -2.40. The number of nitro benzene ring substituents is 1. The number of carbonyl (C=O) groups excluding carboxylic acids is 1. The summed E-state index contributed by atoms with van der Waals surface area (Å²) in [6, 6.07) is 5.33. The molecule has 0 bridgehead atoms. The molecule has 2 aromatic rings. The fourth-order valence-electron chi connectivity index (χ4n) is 2.91. The van der Waals surface area contributed by atoms with Gasteiger partial charge in [-0.15, -0.1) is 5.10 Å². The van der Waals surface area contributed by atoms with Gasteiger partial charge in [0.1, 0.15) is 0 Å². The van der Waals surface area contributed by atoms with E-state index < -0.39 is 28.8 Å². The van der Waals surface area contributed by atoms with Crippen LogP contribution in [0.15, 0.2) is 30.5 Å². The van der Waals surface area contributed by atoms with Gasteiger partial charge in [-0.25, -0.2) is 4.68 Å². The number of aromatic nitrogens is 3. The van der Waals surface area contributed by atoms with Crippen molar-refractivity contribution in [1.29, 1.82) is 0 Å². The molecule has 0 radical (unpaired) electrons. The average molecular weight is 345 g/mol. The van der Waals surface area contributed by atoms with Gasteiger partial charge in [0.15, 0.2) is 5.69 Å². The van der Waals surface area contributed by atoms with Gasteiger partial charge in [-0.3, -0.25) is 19.7 Å². The number of aliphatic carboxylic acids is 1. The molecule has 1 amide bonds. The summed E-state index contributed by atoms with van der Waals surface area (Å²) in [6.07, 6.45) is 3.21. The van der Waals surface area contributed by atoms with E-state index in [9.17, 15) is 19.7 Å². The Morgan fingerprint density at radius 3 is 2.88 bits per heavy atom. The van der Waals surface area contributed by atoms with Crippen LogP contribution in [-0.2, 0) is 4.79 Å². The van der Waals surface area contributed by atoms with Crippen molar-refractivity contribution in [3.63, 3.8) is 0 Å². The predicted octanol–water partition coefficient (Wildman–Crippen LogP) is 1.16. The molecule has 2 atom stereocenters. The third-order valence-electron chi connectivity index (χ3n) is 4.18. The highest BCUT2D eigenvalue weighted by atomic mass is 16.6. The molecule has 2 N–H and O–H groups in total. The van der Waals surface area contributed by atoms with Crippen LogP contribution in [0.5, 0.6) is 0 Å². The number of non-ortho nitro benzene ring substituents is 1. The maximum Gasteiger partial charge on any atom is 0.308 e. The maximum absolute atomic E-state index is 12.3. The second-order valence-corrected chi connectivity index (χ2v) is 5.78. The van der Waals surface area contributed by atoms with E-state index in [1.54, 1.807) is 6.07 Å². The Morgan fingerprint density at radius 2 is 2.16 bits per heavy atom. The van der Waals surface area contributed by atoms with E-state index in [1.165, 1.54) is 29.1 Å². The van der Waals surface area contributed by atoms with Crippen LogP contribution in [0.3, 0.4) is 0 Å². The standard InChI is InChI=1S/C15H15N5O5/c21-14(16-12-6-2-5-11(12)15(22)23)13-8-19(18-17-13)9-3-1-4-10(7-9)20(24)25/h1,3-4,7-8,11-12H,2,5-6H2,(H,16,21)(H,22,23)/t11-,12+/m1/s1. The van der Waals surface area contributed by atoms with Crippen LogP contribution in [0.2, 0.25) is 0 Å². The van der Waals surface area contributed by atoms with Crippen molar-refractivity contribution < 1.29 is 19.6 Å². The highest BCUT2D eigenvalue weighted by Crippen LogP contribution is 2.26. The summed E-state index contributed by atoms with van der Waals surface area (Å²) in [4.78, 5) is 33.7. The first-order valence-corrected chi connectivity index (χ1v) is 7.66. The summed E-state index contributed by atoms with van der Waals surface area (Å²) in [5.41, 5.74) is 0.307. The molecule has 0 saturated heterocycles. The smallest absolute Gasteiger partial charge is 0.308 e. The summed E-state index contributed by atoms with van der Waals surface area (Å²) in [5.74, 6) is -2.05. The second kappa shape index (κ2) is 6.67. The molecule has 0 aliphatic heterocycles. The lowest BCUT2D eigenvalue weighted by molar-refractivity contribution is -0.384. The van der Waals surface area contributed by atoms with Gasteiger partial charge in [0.05, 0.1) is 22.7 Å². The number of nitrogens with one attached hydrogen (secondary N) is 1. The largest absolute Gasteiger partial charge is 0.481 e.